The smallest absolute Gasteiger partial charge is 0.310 e. The summed E-state index contributed by atoms with van der Waals surface area (Å²) in [7, 11) is -2.36. The van der Waals surface area contributed by atoms with Crippen LogP contribution in [-0.4, -0.2) is 49.5 Å². The fourth-order valence-electron chi connectivity index (χ4n) is 6.65. The molecule has 4 aliphatic rings. The van der Waals surface area contributed by atoms with Crippen LogP contribution < -0.4 is 0 Å². The molecular formula is C26H28N2O4S. The first-order valence-electron chi connectivity index (χ1n) is 11.7. The van der Waals surface area contributed by atoms with E-state index in [1.54, 1.807) is 16.1 Å². The van der Waals surface area contributed by atoms with Gasteiger partial charge in [-0.25, -0.2) is 12.4 Å². The molecule has 4 heterocycles. The first-order chi connectivity index (χ1) is 15.9. The SMILES string of the molecule is COC(=O)[C@@H]1C[C@@H]2CC3c4c(c5ccccc5n4S(=O)(=O)c4ccc(C)cc4)CCN(C2)[C@H]31. The molecule has 6 nitrogen and oxygen atoms in total. The van der Waals surface area contributed by atoms with Crippen LogP contribution in [-0.2, 0) is 26.0 Å². The van der Waals surface area contributed by atoms with Crippen LogP contribution in [0.3, 0.4) is 0 Å². The largest absolute Gasteiger partial charge is 0.469 e. The summed E-state index contributed by atoms with van der Waals surface area (Å²) >= 11 is 0. The van der Waals surface area contributed by atoms with Gasteiger partial charge in [-0.15, -0.1) is 0 Å². The van der Waals surface area contributed by atoms with E-state index in [0.29, 0.717) is 10.8 Å². The van der Waals surface area contributed by atoms with Gasteiger partial charge in [-0.1, -0.05) is 35.9 Å². The van der Waals surface area contributed by atoms with Crippen molar-refractivity contribution in [1.82, 2.24) is 8.87 Å². The number of para-hydroxylation sites is 1. The topological polar surface area (TPSA) is 68.6 Å². The molecule has 0 radical (unpaired) electrons. The monoisotopic (exact) mass is 464 g/mol. The summed E-state index contributed by atoms with van der Waals surface area (Å²) in [6.07, 6.45) is 2.51. The molecule has 172 valence electrons. The van der Waals surface area contributed by atoms with E-state index in [1.807, 2.05) is 43.3 Å². The molecule has 1 aromatic heterocycles. The molecule has 3 aliphatic heterocycles. The van der Waals surface area contributed by atoms with Crippen LogP contribution in [0, 0.1) is 18.8 Å². The lowest BCUT2D eigenvalue weighted by Crippen LogP contribution is -2.58. The summed E-state index contributed by atoms with van der Waals surface area (Å²) in [6, 6.07) is 14.9. The minimum Gasteiger partial charge on any atom is -0.469 e. The maximum absolute atomic E-state index is 14.1. The van der Waals surface area contributed by atoms with Gasteiger partial charge < -0.3 is 4.74 Å². The Kier molecular flexibility index (Phi) is 4.72. The average Bonchev–Trinajstić information content (AvgIpc) is 3.11. The highest BCUT2D eigenvalue weighted by Gasteiger charge is 2.53. The summed E-state index contributed by atoms with van der Waals surface area (Å²) in [6.45, 7) is 3.76. The van der Waals surface area contributed by atoms with Crippen molar-refractivity contribution in [3.63, 3.8) is 0 Å². The molecule has 3 fully saturated rings. The summed E-state index contributed by atoms with van der Waals surface area (Å²) in [5.74, 6) is -0.0470. The zero-order valence-electron chi connectivity index (χ0n) is 18.9. The third-order valence-electron chi connectivity index (χ3n) is 7.95. The van der Waals surface area contributed by atoms with E-state index in [0.717, 1.165) is 60.1 Å². The van der Waals surface area contributed by atoms with Crippen molar-refractivity contribution in [2.75, 3.05) is 20.2 Å². The zero-order valence-corrected chi connectivity index (χ0v) is 19.7. The molecule has 0 spiro atoms. The molecule has 2 unspecified atom stereocenters. The van der Waals surface area contributed by atoms with E-state index in [-0.39, 0.29) is 23.8 Å². The van der Waals surface area contributed by atoms with Gasteiger partial charge in [-0.3, -0.25) is 9.69 Å². The average molecular weight is 465 g/mol. The van der Waals surface area contributed by atoms with Crippen LogP contribution in [0.25, 0.3) is 10.9 Å². The Bertz CT molecular complexity index is 1360. The lowest BCUT2D eigenvalue weighted by atomic mass is 9.66. The Morgan fingerprint density at radius 3 is 2.58 bits per heavy atom. The number of esters is 1. The van der Waals surface area contributed by atoms with Crippen molar-refractivity contribution in [2.24, 2.45) is 11.8 Å². The fourth-order valence-corrected chi connectivity index (χ4v) is 8.26. The lowest BCUT2D eigenvalue weighted by molar-refractivity contribution is -0.154. The van der Waals surface area contributed by atoms with Crippen molar-refractivity contribution in [1.29, 1.82) is 0 Å². The molecule has 3 aromatic rings. The summed E-state index contributed by atoms with van der Waals surface area (Å²) in [5.41, 5.74) is 3.74. The van der Waals surface area contributed by atoms with Crippen LogP contribution in [0.5, 0.6) is 0 Å². The van der Waals surface area contributed by atoms with Gasteiger partial charge in [0.25, 0.3) is 10.0 Å². The summed E-state index contributed by atoms with van der Waals surface area (Å²) in [5, 5.41) is 1.00. The Morgan fingerprint density at radius 2 is 1.82 bits per heavy atom. The molecule has 2 saturated heterocycles. The third-order valence-corrected chi connectivity index (χ3v) is 9.69. The third kappa shape index (κ3) is 3.02. The zero-order chi connectivity index (χ0) is 22.9. The molecular weight excluding hydrogens is 436 g/mol. The maximum Gasteiger partial charge on any atom is 0.310 e. The Morgan fingerprint density at radius 1 is 1.06 bits per heavy atom. The number of aromatic nitrogens is 1. The Labute approximate surface area is 194 Å². The van der Waals surface area contributed by atoms with E-state index in [4.69, 9.17) is 4.74 Å². The number of nitrogens with zero attached hydrogens (tertiary/aromatic N) is 2. The Hall–Kier alpha value is -2.64. The second-order valence-electron chi connectivity index (χ2n) is 9.77. The van der Waals surface area contributed by atoms with Crippen LogP contribution in [0.2, 0.25) is 0 Å². The van der Waals surface area contributed by atoms with Crippen molar-refractivity contribution in [3.8, 4) is 0 Å². The lowest BCUT2D eigenvalue weighted by Gasteiger charge is -2.52. The number of carbonyl (C=O) groups excluding carboxylic acids is 1. The molecule has 0 amide bonds. The molecule has 5 atom stereocenters. The Balaban J connectivity index is 1.61. The number of rotatable bonds is 3. The normalized spacial score (nSPS) is 28.4. The summed E-state index contributed by atoms with van der Waals surface area (Å²) < 4.78 is 35.0. The second-order valence-corrected chi connectivity index (χ2v) is 11.6. The maximum atomic E-state index is 14.1. The number of hydrogen-bond acceptors (Lipinski definition) is 5. The molecule has 0 N–H and O–H groups in total. The van der Waals surface area contributed by atoms with Gasteiger partial charge in [0.1, 0.15) is 0 Å². The molecule has 7 heteroatoms. The highest BCUT2D eigenvalue weighted by atomic mass is 32.2. The second kappa shape index (κ2) is 7.43. The highest BCUT2D eigenvalue weighted by molar-refractivity contribution is 7.90. The minimum absolute atomic E-state index is 0.0216. The van der Waals surface area contributed by atoms with Gasteiger partial charge in [0.2, 0.25) is 0 Å². The minimum atomic E-state index is -3.81. The molecule has 7 rings (SSSR count). The van der Waals surface area contributed by atoms with Crippen LogP contribution in [0.1, 0.15) is 35.6 Å². The molecule has 2 aromatic carbocycles. The van der Waals surface area contributed by atoms with Crippen molar-refractivity contribution < 1.29 is 17.9 Å². The van der Waals surface area contributed by atoms with E-state index in [2.05, 4.69) is 4.90 Å². The number of hydrogen-bond donors (Lipinski definition) is 0. The number of fused-ring (bicyclic) bond motifs is 4. The molecule has 4 bridgehead atoms. The molecule has 1 aliphatic carbocycles. The number of methoxy groups -OCH3 is 1. The van der Waals surface area contributed by atoms with E-state index < -0.39 is 10.0 Å². The molecule has 1 saturated carbocycles. The summed E-state index contributed by atoms with van der Waals surface area (Å²) in [4.78, 5) is 15.5. The van der Waals surface area contributed by atoms with E-state index >= 15 is 0 Å². The van der Waals surface area contributed by atoms with Crippen molar-refractivity contribution >= 4 is 26.9 Å². The van der Waals surface area contributed by atoms with Gasteiger partial charge in [0, 0.05) is 36.1 Å². The van der Waals surface area contributed by atoms with Crippen molar-refractivity contribution in [2.45, 2.75) is 43.0 Å². The number of aryl methyl sites for hydroxylation is 1. The number of carbonyl (C=O) groups is 1. The number of ether oxygens (including phenoxy) is 1. The van der Waals surface area contributed by atoms with Gasteiger partial charge >= 0.3 is 5.97 Å². The van der Waals surface area contributed by atoms with Crippen LogP contribution >= 0.6 is 0 Å². The predicted molar refractivity (Wildman–Crippen MR) is 126 cm³/mol. The fraction of sp³-hybridized carbons (Fsp3) is 0.423. The van der Waals surface area contributed by atoms with E-state index in [9.17, 15) is 13.2 Å². The standard InChI is InChI=1S/C26H28N2O4S/c1-16-7-9-18(10-8-16)33(30,31)28-23-6-4-3-5-19(23)20-11-12-27-15-17-13-21(25(20)28)24(27)22(14-17)26(29)32-2/h3-10,17,21-22,24H,11-15H2,1-2H3/t17-,21?,22+,24+/m0/s1. The predicted octanol–water partition coefficient (Wildman–Crippen LogP) is 3.71. The quantitative estimate of drug-likeness (QED) is 0.553. The highest BCUT2D eigenvalue weighted by Crippen LogP contribution is 2.52. The number of benzene rings is 2. The first kappa shape index (κ1) is 20.9. The van der Waals surface area contributed by atoms with Crippen LogP contribution in [0.4, 0.5) is 0 Å². The van der Waals surface area contributed by atoms with Crippen LogP contribution in [0.15, 0.2) is 53.4 Å². The van der Waals surface area contributed by atoms with Gasteiger partial charge in [-0.05, 0) is 55.9 Å². The van der Waals surface area contributed by atoms with E-state index in [1.165, 1.54) is 7.11 Å². The van der Waals surface area contributed by atoms with Gasteiger partial charge in [0.05, 0.1) is 23.4 Å². The molecule has 33 heavy (non-hydrogen) atoms. The number of piperidine rings is 2. The van der Waals surface area contributed by atoms with Gasteiger partial charge in [-0.2, -0.15) is 0 Å². The van der Waals surface area contributed by atoms with Gasteiger partial charge in [0.15, 0.2) is 0 Å². The first-order valence-corrected chi connectivity index (χ1v) is 13.1. The van der Waals surface area contributed by atoms with Crippen molar-refractivity contribution in [3.05, 3.63) is 65.4 Å².